The van der Waals surface area contributed by atoms with Crippen LogP contribution in [0, 0.1) is 11.3 Å². The first kappa shape index (κ1) is 20.9. The summed E-state index contributed by atoms with van der Waals surface area (Å²) in [6.07, 6.45) is 5.51. The highest BCUT2D eigenvalue weighted by Crippen LogP contribution is 2.38. The van der Waals surface area contributed by atoms with Crippen molar-refractivity contribution in [3.63, 3.8) is 0 Å². The Morgan fingerprint density at radius 3 is 2.81 bits per heavy atom. The number of nitrogens with zero attached hydrogens (tertiary/aromatic N) is 3. The van der Waals surface area contributed by atoms with Crippen LogP contribution in [0.5, 0.6) is 0 Å². The van der Waals surface area contributed by atoms with Crippen molar-refractivity contribution >= 4 is 17.5 Å². The van der Waals surface area contributed by atoms with Gasteiger partial charge < -0.3 is 19.6 Å². The fourth-order valence-corrected chi connectivity index (χ4v) is 3.97. The number of fused-ring (bicyclic) bond motifs is 1. The highest BCUT2D eigenvalue weighted by Gasteiger charge is 2.34. The van der Waals surface area contributed by atoms with Crippen LogP contribution >= 0.6 is 0 Å². The van der Waals surface area contributed by atoms with Gasteiger partial charge in [0.1, 0.15) is 17.2 Å². The smallest absolute Gasteiger partial charge is 0.278 e. The molecule has 2 N–H and O–H groups in total. The maximum atomic E-state index is 13.0. The molecule has 4 rings (SSSR count). The Hall–Kier alpha value is -3.36. The Morgan fingerprint density at radius 1 is 1.29 bits per heavy atom. The lowest BCUT2D eigenvalue weighted by Gasteiger charge is -2.33. The molecule has 0 spiro atoms. The minimum absolute atomic E-state index is 0.130. The molecule has 9 nitrogen and oxygen atoms in total. The number of rotatable bonds is 5. The molecule has 2 amide bonds. The van der Waals surface area contributed by atoms with E-state index >= 15 is 0 Å². The number of hydrogen-bond donors (Lipinski definition) is 2. The molecule has 1 aliphatic rings. The Labute approximate surface area is 180 Å². The molecule has 164 valence electrons. The molecular weight excluding hydrogens is 398 g/mol. The monoisotopic (exact) mass is 425 g/mol. The first-order valence-electron chi connectivity index (χ1n) is 10.4. The third kappa shape index (κ3) is 4.26. The summed E-state index contributed by atoms with van der Waals surface area (Å²) in [5.41, 5.74) is 1.81. The summed E-state index contributed by atoms with van der Waals surface area (Å²) < 4.78 is 12.1. The predicted molar refractivity (Wildman–Crippen MR) is 113 cm³/mol. The number of hydrogen-bond acceptors (Lipinski definition) is 6. The number of aromatic nitrogens is 3. The maximum Gasteiger partial charge on any atom is 0.278 e. The van der Waals surface area contributed by atoms with Crippen LogP contribution in [0.3, 0.4) is 0 Å². The lowest BCUT2D eigenvalue weighted by atomic mass is 9.71. The van der Waals surface area contributed by atoms with Crippen LogP contribution in [-0.4, -0.2) is 26.8 Å². The van der Waals surface area contributed by atoms with Gasteiger partial charge in [-0.05, 0) is 36.3 Å². The van der Waals surface area contributed by atoms with Gasteiger partial charge in [0.2, 0.25) is 0 Å². The molecule has 0 aliphatic heterocycles. The van der Waals surface area contributed by atoms with E-state index in [-0.39, 0.29) is 29.3 Å². The van der Waals surface area contributed by atoms with Crippen molar-refractivity contribution in [3.05, 3.63) is 53.1 Å². The Balaban J connectivity index is 1.50. The van der Waals surface area contributed by atoms with Gasteiger partial charge in [0, 0.05) is 19.0 Å². The van der Waals surface area contributed by atoms with Crippen LogP contribution in [0.25, 0.3) is 0 Å². The number of nitrogens with one attached hydrogen (secondary N) is 2. The van der Waals surface area contributed by atoms with Gasteiger partial charge in [-0.15, -0.1) is 0 Å². The second-order valence-corrected chi connectivity index (χ2v) is 8.99. The molecule has 0 bridgehead atoms. The molecule has 9 heteroatoms. The first-order valence-corrected chi connectivity index (χ1v) is 10.4. The van der Waals surface area contributed by atoms with Crippen LogP contribution in [-0.2, 0) is 26.4 Å². The van der Waals surface area contributed by atoms with Crippen LogP contribution < -0.4 is 10.6 Å². The topological polar surface area (TPSA) is 115 Å². The standard InChI is InChI=1S/C22H27N5O4/c1-22(2,3)13-7-8-17-15(10-13)18(26-31-17)20(28)25-16-12-24-27(4)19(16)21(29)23-11-14-6-5-9-30-14/h5-6,9,12-13H,7-8,10-11H2,1-4H3,(H,23,29)(H,25,28). The minimum atomic E-state index is -0.410. The van der Waals surface area contributed by atoms with Gasteiger partial charge in [0.25, 0.3) is 11.8 Å². The summed E-state index contributed by atoms with van der Waals surface area (Å²) >= 11 is 0. The third-order valence-electron chi connectivity index (χ3n) is 5.89. The zero-order valence-corrected chi connectivity index (χ0v) is 18.2. The van der Waals surface area contributed by atoms with E-state index < -0.39 is 5.91 Å². The molecule has 0 saturated carbocycles. The van der Waals surface area contributed by atoms with E-state index in [0.717, 1.165) is 30.6 Å². The van der Waals surface area contributed by atoms with Crippen molar-refractivity contribution in [1.29, 1.82) is 0 Å². The molecule has 3 aromatic heterocycles. The lowest BCUT2D eigenvalue weighted by molar-refractivity contribution is 0.0939. The maximum absolute atomic E-state index is 13.0. The summed E-state index contributed by atoms with van der Waals surface area (Å²) in [6.45, 7) is 6.85. The lowest BCUT2D eigenvalue weighted by Crippen LogP contribution is -2.28. The summed E-state index contributed by atoms with van der Waals surface area (Å²) in [5, 5.41) is 13.7. The molecule has 3 aromatic rings. The number of carbonyl (C=O) groups is 2. The van der Waals surface area contributed by atoms with Crippen molar-refractivity contribution in [2.45, 2.75) is 46.6 Å². The van der Waals surface area contributed by atoms with Crippen LogP contribution in [0.1, 0.15) is 65.3 Å². The van der Waals surface area contributed by atoms with Gasteiger partial charge in [-0.1, -0.05) is 25.9 Å². The number of furan rings is 1. The van der Waals surface area contributed by atoms with Gasteiger partial charge in [-0.25, -0.2) is 0 Å². The molecule has 31 heavy (non-hydrogen) atoms. The summed E-state index contributed by atoms with van der Waals surface area (Å²) in [6, 6.07) is 3.52. The Kier molecular flexibility index (Phi) is 5.43. The SMILES string of the molecule is Cn1ncc(NC(=O)c2noc3c2CC(C(C)(C)C)CC3)c1C(=O)NCc1ccco1. The van der Waals surface area contributed by atoms with Crippen LogP contribution in [0.4, 0.5) is 5.69 Å². The van der Waals surface area contributed by atoms with Gasteiger partial charge in [-0.3, -0.25) is 14.3 Å². The van der Waals surface area contributed by atoms with Crippen molar-refractivity contribution < 1.29 is 18.5 Å². The van der Waals surface area contributed by atoms with Crippen LogP contribution in [0.15, 0.2) is 33.5 Å². The molecule has 0 fully saturated rings. The molecule has 1 aliphatic carbocycles. The fourth-order valence-electron chi connectivity index (χ4n) is 3.97. The molecule has 0 aromatic carbocycles. The Morgan fingerprint density at radius 2 is 2.10 bits per heavy atom. The molecule has 0 saturated heterocycles. The van der Waals surface area contributed by atoms with E-state index in [1.54, 1.807) is 25.4 Å². The van der Waals surface area contributed by atoms with E-state index in [9.17, 15) is 9.59 Å². The number of anilines is 1. The van der Waals surface area contributed by atoms with E-state index in [1.807, 2.05) is 0 Å². The quantitative estimate of drug-likeness (QED) is 0.648. The van der Waals surface area contributed by atoms with Crippen LogP contribution in [0.2, 0.25) is 0 Å². The third-order valence-corrected chi connectivity index (χ3v) is 5.89. The van der Waals surface area contributed by atoms with Crippen molar-refractivity contribution in [3.8, 4) is 0 Å². The fraction of sp³-hybridized carbons (Fsp3) is 0.455. The number of amides is 2. The van der Waals surface area contributed by atoms with Crippen molar-refractivity contribution in [1.82, 2.24) is 20.3 Å². The highest BCUT2D eigenvalue weighted by molar-refractivity contribution is 6.08. The van der Waals surface area contributed by atoms with E-state index in [0.29, 0.717) is 17.4 Å². The summed E-state index contributed by atoms with van der Waals surface area (Å²) in [5.74, 6) is 1.05. The normalized spacial score (nSPS) is 16.1. The van der Waals surface area contributed by atoms with E-state index in [4.69, 9.17) is 8.94 Å². The predicted octanol–water partition coefficient (Wildman–Crippen LogP) is 3.33. The van der Waals surface area contributed by atoms with E-state index in [1.165, 1.54) is 10.9 Å². The largest absolute Gasteiger partial charge is 0.467 e. The van der Waals surface area contributed by atoms with Gasteiger partial charge in [0.15, 0.2) is 5.69 Å². The molecule has 3 heterocycles. The average Bonchev–Trinajstić information content (AvgIpc) is 3.45. The second-order valence-electron chi connectivity index (χ2n) is 8.99. The zero-order chi connectivity index (χ0) is 22.2. The zero-order valence-electron chi connectivity index (χ0n) is 18.2. The molecular formula is C22H27N5O4. The summed E-state index contributed by atoms with van der Waals surface area (Å²) in [7, 11) is 1.64. The van der Waals surface area contributed by atoms with Gasteiger partial charge >= 0.3 is 0 Å². The molecule has 1 unspecified atom stereocenters. The van der Waals surface area contributed by atoms with Gasteiger partial charge in [0.05, 0.1) is 24.7 Å². The number of aryl methyl sites for hydroxylation is 2. The highest BCUT2D eigenvalue weighted by atomic mass is 16.5. The second kappa shape index (κ2) is 8.05. The minimum Gasteiger partial charge on any atom is -0.467 e. The Bertz CT molecular complexity index is 1090. The van der Waals surface area contributed by atoms with Crippen molar-refractivity contribution in [2.24, 2.45) is 18.4 Å². The summed E-state index contributed by atoms with van der Waals surface area (Å²) in [4.78, 5) is 25.7. The number of carbonyl (C=O) groups excluding carboxylic acids is 2. The molecule has 0 radical (unpaired) electrons. The average molecular weight is 425 g/mol. The van der Waals surface area contributed by atoms with E-state index in [2.05, 4.69) is 41.7 Å². The molecule has 1 atom stereocenters. The first-order chi connectivity index (χ1) is 14.7. The van der Waals surface area contributed by atoms with Gasteiger partial charge in [-0.2, -0.15) is 5.10 Å². The van der Waals surface area contributed by atoms with Crippen molar-refractivity contribution in [2.75, 3.05) is 5.32 Å².